The van der Waals surface area contributed by atoms with Crippen LogP contribution in [0.25, 0.3) is 0 Å². The normalized spacial score (nSPS) is 16.1. The molecule has 0 bridgehead atoms. The highest BCUT2D eigenvalue weighted by Gasteiger charge is 2.24. The average molecular weight is 415 g/mol. The van der Waals surface area contributed by atoms with Crippen molar-refractivity contribution in [1.82, 2.24) is 4.90 Å². The van der Waals surface area contributed by atoms with Gasteiger partial charge in [0.15, 0.2) is 11.5 Å². The van der Waals surface area contributed by atoms with E-state index in [4.69, 9.17) is 18.9 Å². The van der Waals surface area contributed by atoms with Gasteiger partial charge in [0.05, 0.1) is 40.2 Å². The molecule has 7 heteroatoms. The van der Waals surface area contributed by atoms with Crippen molar-refractivity contribution in [2.24, 2.45) is 5.92 Å². The van der Waals surface area contributed by atoms with Gasteiger partial charge >= 0.3 is 6.03 Å². The molecule has 3 rings (SSSR count). The smallest absolute Gasteiger partial charge is 0.321 e. The Hall–Kier alpha value is -2.93. The number of urea groups is 1. The van der Waals surface area contributed by atoms with Gasteiger partial charge in [-0.3, -0.25) is 0 Å². The lowest BCUT2D eigenvalue weighted by molar-refractivity contribution is 0.0606. The maximum Gasteiger partial charge on any atom is 0.321 e. The summed E-state index contributed by atoms with van der Waals surface area (Å²) in [5.41, 5.74) is 1.75. The average Bonchev–Trinajstić information content (AvgIpc) is 2.79. The molecule has 2 amide bonds. The van der Waals surface area contributed by atoms with E-state index in [0.29, 0.717) is 48.6 Å². The van der Waals surface area contributed by atoms with E-state index in [2.05, 4.69) is 17.4 Å². The molecule has 30 heavy (non-hydrogen) atoms. The van der Waals surface area contributed by atoms with Gasteiger partial charge in [-0.15, -0.1) is 0 Å². The van der Waals surface area contributed by atoms with Crippen molar-refractivity contribution < 1.29 is 23.7 Å². The predicted octanol–water partition coefficient (Wildman–Crippen LogP) is 4.17. The Morgan fingerprint density at radius 3 is 2.40 bits per heavy atom. The molecule has 0 spiro atoms. The molecule has 0 aliphatic carbocycles. The summed E-state index contributed by atoms with van der Waals surface area (Å²) in [4.78, 5) is 14.7. The molecule has 7 nitrogen and oxygen atoms in total. The highest BCUT2D eigenvalue weighted by Crippen LogP contribution is 2.40. The minimum Gasteiger partial charge on any atom is -0.493 e. The number of carbonyl (C=O) groups excluding carboxylic acids is 1. The summed E-state index contributed by atoms with van der Waals surface area (Å²) < 4.78 is 21.9. The molecular formula is C23H30N2O5. The van der Waals surface area contributed by atoms with Gasteiger partial charge in [0.25, 0.3) is 0 Å². The summed E-state index contributed by atoms with van der Waals surface area (Å²) >= 11 is 0. The van der Waals surface area contributed by atoms with Crippen molar-refractivity contribution in [3.05, 3.63) is 48.0 Å². The third-order valence-corrected chi connectivity index (χ3v) is 5.19. The molecule has 1 aliphatic rings. The summed E-state index contributed by atoms with van der Waals surface area (Å²) in [5.74, 6) is 1.82. The Bertz CT molecular complexity index is 803. The van der Waals surface area contributed by atoms with Gasteiger partial charge in [-0.1, -0.05) is 30.3 Å². The van der Waals surface area contributed by atoms with Crippen LogP contribution in [0.5, 0.6) is 17.2 Å². The summed E-state index contributed by atoms with van der Waals surface area (Å²) in [6.07, 6.45) is 2.02. The van der Waals surface area contributed by atoms with Crippen LogP contribution in [0.2, 0.25) is 0 Å². The number of piperidine rings is 1. The van der Waals surface area contributed by atoms with Crippen molar-refractivity contribution in [2.45, 2.75) is 19.4 Å². The molecule has 1 heterocycles. The van der Waals surface area contributed by atoms with E-state index < -0.39 is 0 Å². The minimum atomic E-state index is -0.142. The number of methoxy groups -OCH3 is 3. The molecule has 1 aliphatic heterocycles. The summed E-state index contributed by atoms with van der Waals surface area (Å²) in [7, 11) is 4.65. The lowest BCUT2D eigenvalue weighted by atomic mass is 9.99. The Balaban J connectivity index is 1.56. The van der Waals surface area contributed by atoms with Gasteiger partial charge in [0, 0.05) is 31.1 Å². The molecule has 1 N–H and O–H groups in total. The van der Waals surface area contributed by atoms with E-state index in [1.807, 2.05) is 23.1 Å². The van der Waals surface area contributed by atoms with Gasteiger partial charge in [-0.25, -0.2) is 4.79 Å². The van der Waals surface area contributed by atoms with Gasteiger partial charge in [-0.2, -0.15) is 0 Å². The molecule has 1 atom stereocenters. The van der Waals surface area contributed by atoms with Crippen molar-refractivity contribution in [3.63, 3.8) is 0 Å². The number of benzene rings is 2. The highest BCUT2D eigenvalue weighted by atomic mass is 16.5. The molecule has 0 saturated carbocycles. The van der Waals surface area contributed by atoms with E-state index >= 15 is 0 Å². The number of rotatable bonds is 8. The SMILES string of the molecule is COc1cc(NC(=O)N2CCCC(COCc3ccccc3)C2)cc(OC)c1OC. The van der Waals surface area contributed by atoms with Gasteiger partial charge in [0.2, 0.25) is 5.75 Å². The number of carbonyl (C=O) groups is 1. The van der Waals surface area contributed by atoms with Crippen LogP contribution in [-0.2, 0) is 11.3 Å². The van der Waals surface area contributed by atoms with Crippen LogP contribution >= 0.6 is 0 Å². The van der Waals surface area contributed by atoms with Crippen LogP contribution in [0.4, 0.5) is 10.5 Å². The minimum absolute atomic E-state index is 0.142. The van der Waals surface area contributed by atoms with Crippen molar-refractivity contribution in [3.8, 4) is 17.2 Å². The number of ether oxygens (including phenoxy) is 4. The largest absolute Gasteiger partial charge is 0.493 e. The zero-order chi connectivity index (χ0) is 21.3. The molecular weight excluding hydrogens is 384 g/mol. The lowest BCUT2D eigenvalue weighted by Crippen LogP contribution is -2.43. The number of hydrogen-bond donors (Lipinski definition) is 1. The van der Waals surface area contributed by atoms with E-state index in [1.165, 1.54) is 0 Å². The zero-order valence-electron chi connectivity index (χ0n) is 17.8. The second-order valence-corrected chi connectivity index (χ2v) is 7.30. The van der Waals surface area contributed by atoms with Gasteiger partial charge in [-0.05, 0) is 18.4 Å². The van der Waals surface area contributed by atoms with Crippen molar-refractivity contribution in [1.29, 1.82) is 0 Å². The summed E-state index contributed by atoms with van der Waals surface area (Å²) in [5, 5.41) is 2.95. The van der Waals surface area contributed by atoms with Crippen molar-refractivity contribution >= 4 is 11.7 Å². The fourth-order valence-electron chi connectivity index (χ4n) is 3.66. The predicted molar refractivity (Wildman–Crippen MR) is 116 cm³/mol. The zero-order valence-corrected chi connectivity index (χ0v) is 17.8. The van der Waals surface area contributed by atoms with Crippen LogP contribution in [0.3, 0.4) is 0 Å². The van der Waals surface area contributed by atoms with Crippen molar-refractivity contribution in [2.75, 3.05) is 46.3 Å². The van der Waals surface area contributed by atoms with Crippen LogP contribution in [0.15, 0.2) is 42.5 Å². The van der Waals surface area contributed by atoms with Gasteiger partial charge < -0.3 is 29.2 Å². The van der Waals surface area contributed by atoms with Crippen LogP contribution < -0.4 is 19.5 Å². The standard InChI is InChI=1S/C23H30N2O5/c1-27-20-12-19(13-21(28-2)22(20)29-3)24-23(26)25-11-7-10-18(14-25)16-30-15-17-8-5-4-6-9-17/h4-6,8-9,12-13,18H,7,10-11,14-16H2,1-3H3,(H,24,26). The Labute approximate surface area is 177 Å². The molecule has 162 valence electrons. The second kappa shape index (κ2) is 10.7. The molecule has 1 unspecified atom stereocenters. The third kappa shape index (κ3) is 5.57. The van der Waals surface area contributed by atoms with Crippen LogP contribution in [0.1, 0.15) is 18.4 Å². The quantitative estimate of drug-likeness (QED) is 0.702. The topological polar surface area (TPSA) is 69.3 Å². The number of amides is 2. The number of nitrogens with zero attached hydrogens (tertiary/aromatic N) is 1. The van der Waals surface area contributed by atoms with E-state index in [9.17, 15) is 4.79 Å². The van der Waals surface area contributed by atoms with E-state index in [-0.39, 0.29) is 6.03 Å². The molecule has 1 saturated heterocycles. The molecule has 2 aromatic carbocycles. The first kappa shape index (κ1) is 21.8. The summed E-state index contributed by atoms with van der Waals surface area (Å²) in [6.45, 7) is 2.63. The number of likely N-dealkylation sites (tertiary alicyclic amines) is 1. The maximum atomic E-state index is 12.8. The molecule has 2 aromatic rings. The fourth-order valence-corrected chi connectivity index (χ4v) is 3.66. The first-order valence-corrected chi connectivity index (χ1v) is 10.1. The molecule has 0 radical (unpaired) electrons. The Morgan fingerprint density at radius 1 is 1.07 bits per heavy atom. The van der Waals surface area contributed by atoms with Gasteiger partial charge in [0.1, 0.15) is 0 Å². The molecule has 0 aromatic heterocycles. The van der Waals surface area contributed by atoms with Crippen LogP contribution in [0, 0.1) is 5.92 Å². The van der Waals surface area contributed by atoms with E-state index in [1.54, 1.807) is 33.5 Å². The fraction of sp³-hybridized carbons (Fsp3) is 0.435. The summed E-state index contributed by atoms with van der Waals surface area (Å²) in [6, 6.07) is 13.4. The maximum absolute atomic E-state index is 12.8. The first-order chi connectivity index (χ1) is 14.6. The van der Waals surface area contributed by atoms with Crippen LogP contribution in [-0.4, -0.2) is 52.0 Å². The Kier molecular flexibility index (Phi) is 7.79. The number of anilines is 1. The monoisotopic (exact) mass is 414 g/mol. The molecule has 1 fully saturated rings. The Morgan fingerprint density at radius 2 is 1.77 bits per heavy atom. The number of hydrogen-bond acceptors (Lipinski definition) is 5. The highest BCUT2D eigenvalue weighted by molar-refractivity contribution is 5.90. The third-order valence-electron chi connectivity index (χ3n) is 5.19. The second-order valence-electron chi connectivity index (χ2n) is 7.30. The number of nitrogens with one attached hydrogen (secondary N) is 1. The van der Waals surface area contributed by atoms with E-state index in [0.717, 1.165) is 24.9 Å². The lowest BCUT2D eigenvalue weighted by Gasteiger charge is -2.32. The first-order valence-electron chi connectivity index (χ1n) is 10.1.